The second-order valence-corrected chi connectivity index (χ2v) is 9.22. The predicted molar refractivity (Wildman–Crippen MR) is 118 cm³/mol. The molecule has 0 saturated carbocycles. The summed E-state index contributed by atoms with van der Waals surface area (Å²) >= 11 is 1.68. The van der Waals surface area contributed by atoms with Crippen LogP contribution < -0.4 is 10.0 Å². The van der Waals surface area contributed by atoms with Crippen molar-refractivity contribution in [1.29, 1.82) is 0 Å². The molecule has 0 aliphatic carbocycles. The maximum absolute atomic E-state index is 12.5. The molecule has 0 spiro atoms. The van der Waals surface area contributed by atoms with Gasteiger partial charge in [-0.3, -0.25) is 9.52 Å². The Balaban J connectivity index is 1.58. The molecule has 3 rings (SSSR count). The lowest BCUT2D eigenvalue weighted by atomic mass is 10.1. The van der Waals surface area contributed by atoms with Crippen LogP contribution in [0.25, 0.3) is 0 Å². The second-order valence-electron chi connectivity index (χ2n) is 6.37. The molecule has 7 heteroatoms. The Hall–Kier alpha value is -2.77. The van der Waals surface area contributed by atoms with Crippen LogP contribution in [-0.4, -0.2) is 26.6 Å². The van der Waals surface area contributed by atoms with E-state index < -0.39 is 10.0 Å². The highest BCUT2D eigenvalue weighted by Crippen LogP contribution is 2.21. The van der Waals surface area contributed by atoms with Gasteiger partial charge in [0.25, 0.3) is 15.9 Å². The van der Waals surface area contributed by atoms with Crippen molar-refractivity contribution < 1.29 is 13.2 Å². The Labute approximate surface area is 175 Å². The molecule has 0 radical (unpaired) electrons. The summed E-state index contributed by atoms with van der Waals surface area (Å²) in [5.74, 6) is 0.586. The second kappa shape index (κ2) is 9.62. The zero-order valence-corrected chi connectivity index (χ0v) is 17.6. The molecule has 3 aromatic carbocycles. The first-order valence-electron chi connectivity index (χ1n) is 9.10. The van der Waals surface area contributed by atoms with Gasteiger partial charge < -0.3 is 5.32 Å². The van der Waals surface area contributed by atoms with Crippen molar-refractivity contribution in [2.45, 2.75) is 16.7 Å². The largest absolute Gasteiger partial charge is 0.351 e. The first-order chi connectivity index (χ1) is 14.0. The number of anilines is 1. The smallest absolute Gasteiger partial charge is 0.261 e. The quantitative estimate of drug-likeness (QED) is 0.416. The average Bonchev–Trinajstić information content (AvgIpc) is 2.74. The standard InChI is InChI=1S/C22H22N2O3S2/c1-17-16-18(22(25)23-14-15-28-19-8-4-2-5-9-19)12-13-21(17)24-29(26,27)20-10-6-3-7-11-20/h2-13,16,24H,14-15H2,1H3,(H,23,25). The van der Waals surface area contributed by atoms with Crippen LogP contribution in [0, 0.1) is 6.92 Å². The van der Waals surface area contributed by atoms with Crippen LogP contribution in [0.15, 0.2) is 88.7 Å². The first kappa shape index (κ1) is 21.0. The molecule has 3 aromatic rings. The van der Waals surface area contributed by atoms with Gasteiger partial charge in [0.15, 0.2) is 0 Å². The van der Waals surface area contributed by atoms with Gasteiger partial charge in [0.05, 0.1) is 10.6 Å². The summed E-state index contributed by atoms with van der Waals surface area (Å²) in [7, 11) is -3.67. The molecule has 2 N–H and O–H groups in total. The van der Waals surface area contributed by atoms with E-state index in [1.807, 2.05) is 30.3 Å². The topological polar surface area (TPSA) is 75.3 Å². The van der Waals surface area contributed by atoms with Crippen molar-refractivity contribution in [2.24, 2.45) is 0 Å². The van der Waals surface area contributed by atoms with Gasteiger partial charge >= 0.3 is 0 Å². The number of amides is 1. The molecule has 29 heavy (non-hydrogen) atoms. The van der Waals surface area contributed by atoms with Crippen LogP contribution in [0.4, 0.5) is 5.69 Å². The minimum absolute atomic E-state index is 0.181. The zero-order chi connectivity index (χ0) is 20.7. The molecular formula is C22H22N2O3S2. The third-order valence-electron chi connectivity index (χ3n) is 4.19. The highest BCUT2D eigenvalue weighted by molar-refractivity contribution is 7.99. The van der Waals surface area contributed by atoms with E-state index >= 15 is 0 Å². The highest BCUT2D eigenvalue weighted by atomic mass is 32.2. The van der Waals surface area contributed by atoms with Crippen molar-refractivity contribution >= 4 is 33.4 Å². The molecule has 1 amide bonds. The molecule has 0 aromatic heterocycles. The van der Waals surface area contributed by atoms with Crippen molar-refractivity contribution in [2.75, 3.05) is 17.0 Å². The van der Waals surface area contributed by atoms with E-state index in [0.717, 1.165) is 10.6 Å². The molecule has 0 aliphatic heterocycles. The number of aryl methyl sites for hydroxylation is 1. The van der Waals surface area contributed by atoms with Gasteiger partial charge in [0.1, 0.15) is 0 Å². The number of sulfonamides is 1. The number of nitrogens with one attached hydrogen (secondary N) is 2. The number of hydrogen-bond acceptors (Lipinski definition) is 4. The molecule has 0 aliphatic rings. The lowest BCUT2D eigenvalue weighted by Crippen LogP contribution is -2.25. The number of thioether (sulfide) groups is 1. The van der Waals surface area contributed by atoms with E-state index in [1.165, 1.54) is 12.1 Å². The fourth-order valence-electron chi connectivity index (χ4n) is 2.67. The summed E-state index contributed by atoms with van der Waals surface area (Å²) in [6, 6.07) is 23.1. The zero-order valence-electron chi connectivity index (χ0n) is 16.0. The molecule has 5 nitrogen and oxygen atoms in total. The summed E-state index contributed by atoms with van der Waals surface area (Å²) in [5, 5.41) is 2.89. The van der Waals surface area contributed by atoms with E-state index in [-0.39, 0.29) is 10.8 Å². The van der Waals surface area contributed by atoms with E-state index in [2.05, 4.69) is 10.0 Å². The van der Waals surface area contributed by atoms with Crippen molar-refractivity contribution in [3.05, 3.63) is 90.0 Å². The molecule has 0 bridgehead atoms. The number of carbonyl (C=O) groups excluding carboxylic acids is 1. The summed E-state index contributed by atoms with van der Waals surface area (Å²) in [5.41, 5.74) is 1.62. The van der Waals surface area contributed by atoms with Crippen LogP contribution in [0.3, 0.4) is 0 Å². The van der Waals surface area contributed by atoms with E-state index in [0.29, 0.717) is 23.4 Å². The van der Waals surface area contributed by atoms with Gasteiger partial charge in [-0.05, 0) is 55.0 Å². The van der Waals surface area contributed by atoms with Crippen molar-refractivity contribution in [1.82, 2.24) is 5.32 Å². The van der Waals surface area contributed by atoms with Crippen LogP contribution in [0.1, 0.15) is 15.9 Å². The van der Waals surface area contributed by atoms with Gasteiger partial charge in [0, 0.05) is 22.8 Å². The fourth-order valence-corrected chi connectivity index (χ4v) is 4.62. The van der Waals surface area contributed by atoms with Gasteiger partial charge in [-0.25, -0.2) is 8.42 Å². The maximum atomic E-state index is 12.5. The Kier molecular flexibility index (Phi) is 6.95. The predicted octanol–water partition coefficient (Wildman–Crippen LogP) is 4.32. The Morgan fingerprint density at radius 1 is 0.931 bits per heavy atom. The number of hydrogen-bond donors (Lipinski definition) is 2. The third-order valence-corrected chi connectivity index (χ3v) is 6.58. The Morgan fingerprint density at radius 3 is 2.24 bits per heavy atom. The SMILES string of the molecule is Cc1cc(C(=O)NCCSc2ccccc2)ccc1NS(=O)(=O)c1ccccc1. The summed E-state index contributed by atoms with van der Waals surface area (Å²) in [6.07, 6.45) is 0. The maximum Gasteiger partial charge on any atom is 0.261 e. The number of carbonyl (C=O) groups is 1. The minimum atomic E-state index is -3.67. The van der Waals surface area contributed by atoms with Gasteiger partial charge in [-0.2, -0.15) is 0 Å². The Morgan fingerprint density at radius 2 is 1.59 bits per heavy atom. The van der Waals surface area contributed by atoms with Gasteiger partial charge in [-0.15, -0.1) is 11.8 Å². The number of benzene rings is 3. The van der Waals surface area contributed by atoms with Gasteiger partial charge in [-0.1, -0.05) is 36.4 Å². The lowest BCUT2D eigenvalue weighted by Gasteiger charge is -2.12. The average molecular weight is 427 g/mol. The van der Waals surface area contributed by atoms with E-state index in [1.54, 1.807) is 55.1 Å². The number of rotatable bonds is 8. The highest BCUT2D eigenvalue weighted by Gasteiger charge is 2.15. The monoisotopic (exact) mass is 426 g/mol. The Bertz CT molecular complexity index is 1070. The van der Waals surface area contributed by atoms with E-state index in [9.17, 15) is 13.2 Å². The van der Waals surface area contributed by atoms with Crippen LogP contribution in [0.2, 0.25) is 0 Å². The summed E-state index contributed by atoms with van der Waals surface area (Å²) in [4.78, 5) is 13.7. The minimum Gasteiger partial charge on any atom is -0.351 e. The molecule has 0 saturated heterocycles. The van der Waals surface area contributed by atoms with E-state index in [4.69, 9.17) is 0 Å². The summed E-state index contributed by atoms with van der Waals surface area (Å²) < 4.78 is 27.5. The molecule has 0 fully saturated rings. The first-order valence-corrected chi connectivity index (χ1v) is 11.6. The molecule has 150 valence electrons. The molecule has 0 heterocycles. The fraction of sp³-hybridized carbons (Fsp3) is 0.136. The normalized spacial score (nSPS) is 11.1. The lowest BCUT2D eigenvalue weighted by molar-refractivity contribution is 0.0956. The van der Waals surface area contributed by atoms with Crippen LogP contribution >= 0.6 is 11.8 Å². The van der Waals surface area contributed by atoms with Crippen LogP contribution in [-0.2, 0) is 10.0 Å². The van der Waals surface area contributed by atoms with Crippen molar-refractivity contribution in [3.8, 4) is 0 Å². The van der Waals surface area contributed by atoms with Gasteiger partial charge in [0.2, 0.25) is 0 Å². The van der Waals surface area contributed by atoms with Crippen molar-refractivity contribution in [3.63, 3.8) is 0 Å². The molecule has 0 atom stereocenters. The molecular weight excluding hydrogens is 404 g/mol. The molecule has 0 unspecified atom stereocenters. The summed E-state index contributed by atoms with van der Waals surface area (Å²) in [6.45, 7) is 2.31. The third kappa shape index (κ3) is 5.85. The van der Waals surface area contributed by atoms with Crippen LogP contribution in [0.5, 0.6) is 0 Å².